The van der Waals surface area contributed by atoms with Gasteiger partial charge < -0.3 is 16.4 Å². The number of rotatable bonds is 0. The molecule has 0 aromatic rings. The molecule has 0 saturated heterocycles. The Hall–Kier alpha value is 1.67. The van der Waals surface area contributed by atoms with Gasteiger partial charge in [-0.05, 0) is 0 Å². The summed E-state index contributed by atoms with van der Waals surface area (Å²) in [5.74, 6) is 0. The van der Waals surface area contributed by atoms with E-state index in [9.17, 15) is 0 Å². The first kappa shape index (κ1) is 76.9. The monoisotopic (exact) mass is 208 g/mol. The summed E-state index contributed by atoms with van der Waals surface area (Å²) >= 11 is 0. The van der Waals surface area contributed by atoms with Gasteiger partial charge in [0.15, 0.2) is 0 Å². The molecule has 0 unspecified atom stereocenters. The predicted molar refractivity (Wildman–Crippen MR) is 17.7 cm³/mol. The quantitative estimate of drug-likeness (QED) is 0.362. The van der Waals surface area contributed by atoms with Crippen molar-refractivity contribution in [3.63, 3.8) is 0 Å². The molecular weight excluding hydrogens is 199 g/mol. The van der Waals surface area contributed by atoms with Gasteiger partial charge in [-0.1, -0.05) is 0 Å². The third-order valence-electron chi connectivity index (χ3n) is 0. The third kappa shape index (κ3) is 27.4. The van der Waals surface area contributed by atoms with E-state index in [1.54, 1.807) is 0 Å². The van der Waals surface area contributed by atoms with Crippen molar-refractivity contribution in [2.75, 3.05) is 0 Å². The van der Waals surface area contributed by atoms with Crippen LogP contribution in [-0.2, 0) is 0 Å². The molecule has 0 rings (SSSR count). The minimum atomic E-state index is 0. The first-order chi connectivity index (χ1) is 0. The fourth-order valence-electron chi connectivity index (χ4n) is 0. The van der Waals surface area contributed by atoms with Crippen LogP contribution in [0.3, 0.4) is 0 Å². The first-order valence-electron chi connectivity index (χ1n) is 0. The Bertz CT molecular complexity index is 6.85. The van der Waals surface area contributed by atoms with Crippen LogP contribution < -0.4 is 29.6 Å². The molecule has 0 atom stereocenters. The topological polar surface area (TPSA) is 93.0 Å². The maximum absolute atomic E-state index is 0. The molecule has 0 fully saturated rings. The molecule has 0 aromatic carbocycles. The molecule has 0 radical (unpaired) electrons. The van der Waals surface area contributed by atoms with Crippen molar-refractivity contribution in [1.82, 2.24) is 0 Å². The molecule has 0 saturated carbocycles. The van der Waals surface area contributed by atoms with Crippen molar-refractivity contribution in [3.05, 3.63) is 0 Å². The van der Waals surface area contributed by atoms with E-state index < -0.39 is 0 Å². The summed E-state index contributed by atoms with van der Waals surface area (Å²) in [5.41, 5.74) is 0. The summed E-state index contributed by atoms with van der Waals surface area (Å²) in [5, 5.41) is 0. The SMILES string of the molecule is O.O.[Na+].[OH-].[TeH2]. The van der Waals surface area contributed by atoms with Crippen LogP contribution in [0.1, 0.15) is 0 Å². The van der Waals surface area contributed by atoms with Gasteiger partial charge >= 0.3 is 53.2 Å². The fraction of sp³-hybridized carbons (Fsp3) is 0. The van der Waals surface area contributed by atoms with E-state index in [4.69, 9.17) is 0 Å². The van der Waals surface area contributed by atoms with Crippen LogP contribution in [0.5, 0.6) is 0 Å². The standard InChI is InChI=1S/Na.3H2O.H2Te/h;4*1H2/q+1;;;;/p-1. The predicted octanol–water partition coefficient (Wildman–Crippen LogP) is -5.74. The average Bonchev–Trinajstić information content (AvgIpc) is 0. The molecule has 0 aliphatic heterocycles. The third-order valence-corrected chi connectivity index (χ3v) is 0. The van der Waals surface area contributed by atoms with Crippen molar-refractivity contribution < 1.29 is 46.0 Å². The Morgan fingerprint density at radius 2 is 0.800 bits per heavy atom. The van der Waals surface area contributed by atoms with Gasteiger partial charge in [0.1, 0.15) is 0 Å². The van der Waals surface area contributed by atoms with Gasteiger partial charge in [0.05, 0.1) is 0 Å². The summed E-state index contributed by atoms with van der Waals surface area (Å²) in [6.07, 6.45) is 0. The Morgan fingerprint density at radius 1 is 0.800 bits per heavy atom. The minimum absolute atomic E-state index is 0. The molecule has 0 aliphatic rings. The van der Waals surface area contributed by atoms with Crippen LogP contribution in [0.15, 0.2) is 0 Å². The zero-order chi connectivity index (χ0) is 0. The van der Waals surface area contributed by atoms with E-state index in [0.717, 1.165) is 0 Å². The van der Waals surface area contributed by atoms with Crippen molar-refractivity contribution in [1.29, 1.82) is 0 Å². The van der Waals surface area contributed by atoms with E-state index >= 15 is 0 Å². The van der Waals surface area contributed by atoms with Gasteiger partial charge in [-0.3, -0.25) is 0 Å². The van der Waals surface area contributed by atoms with Gasteiger partial charge in [0.2, 0.25) is 0 Å². The second-order valence-corrected chi connectivity index (χ2v) is 0. The molecule has 0 aromatic heterocycles. The van der Waals surface area contributed by atoms with Gasteiger partial charge in [-0.25, -0.2) is 0 Å². The van der Waals surface area contributed by atoms with Gasteiger partial charge in [0.25, 0.3) is 0 Å². The molecule has 3 nitrogen and oxygen atoms in total. The molecule has 5 heteroatoms. The van der Waals surface area contributed by atoms with E-state index in [0.29, 0.717) is 0 Å². The second-order valence-electron chi connectivity index (χ2n) is 0. The van der Waals surface area contributed by atoms with Crippen molar-refractivity contribution in [3.8, 4) is 0 Å². The van der Waals surface area contributed by atoms with Crippen molar-refractivity contribution in [2.24, 2.45) is 0 Å². The van der Waals surface area contributed by atoms with Crippen LogP contribution in [0.2, 0.25) is 0 Å². The summed E-state index contributed by atoms with van der Waals surface area (Å²) in [6, 6.07) is 0. The molecule has 32 valence electrons. The molecule has 0 bridgehead atoms. The zero-order valence-electron chi connectivity index (χ0n) is 2.95. The summed E-state index contributed by atoms with van der Waals surface area (Å²) in [7, 11) is 0. The van der Waals surface area contributed by atoms with Crippen LogP contribution in [-0.4, -0.2) is 40.1 Å². The van der Waals surface area contributed by atoms with E-state index in [2.05, 4.69) is 0 Å². The average molecular weight is 206 g/mol. The Labute approximate surface area is 69.1 Å². The Balaban J connectivity index is 0. The number of hydrogen-bond donors (Lipinski definition) is 0. The van der Waals surface area contributed by atoms with Crippen LogP contribution >= 0.6 is 0 Å². The number of hydrogen-bond acceptors (Lipinski definition) is 1. The Morgan fingerprint density at radius 3 is 0.800 bits per heavy atom. The van der Waals surface area contributed by atoms with E-state index in [1.165, 1.54) is 0 Å². The van der Waals surface area contributed by atoms with Crippen LogP contribution in [0.25, 0.3) is 0 Å². The molecule has 5 heavy (non-hydrogen) atoms. The summed E-state index contributed by atoms with van der Waals surface area (Å²) in [6.45, 7) is 0. The fourth-order valence-corrected chi connectivity index (χ4v) is 0. The molecule has 0 spiro atoms. The van der Waals surface area contributed by atoms with E-state index in [-0.39, 0.29) is 69.7 Å². The first-order valence-corrected chi connectivity index (χ1v) is 0. The normalized spacial score (nSPS) is 0. The van der Waals surface area contributed by atoms with Gasteiger partial charge in [-0.2, -0.15) is 0 Å². The maximum atomic E-state index is 0. The van der Waals surface area contributed by atoms with Crippen LogP contribution in [0.4, 0.5) is 0 Å². The molecular formula is H7NaO3Te. The molecule has 0 aliphatic carbocycles. The van der Waals surface area contributed by atoms with Crippen molar-refractivity contribution >= 4 is 23.7 Å². The van der Waals surface area contributed by atoms with E-state index in [1.807, 2.05) is 0 Å². The molecule has 5 N–H and O–H groups in total. The second kappa shape index (κ2) is 44.3. The molecule has 0 heterocycles. The summed E-state index contributed by atoms with van der Waals surface area (Å²) < 4.78 is 0. The summed E-state index contributed by atoms with van der Waals surface area (Å²) in [4.78, 5) is 0. The Kier molecular flexibility index (Phi) is 682. The van der Waals surface area contributed by atoms with Gasteiger partial charge in [0, 0.05) is 0 Å². The zero-order valence-corrected chi connectivity index (χ0v) is 7.80. The van der Waals surface area contributed by atoms with Gasteiger partial charge in [-0.15, -0.1) is 0 Å². The molecule has 0 amide bonds. The van der Waals surface area contributed by atoms with Crippen LogP contribution in [0, 0.1) is 0 Å². The van der Waals surface area contributed by atoms with Crippen molar-refractivity contribution in [2.45, 2.75) is 0 Å².